The first-order valence-electron chi connectivity index (χ1n) is 10.7. The number of phenols is 1. The number of carbonyl (C=O) groups excluding carboxylic acids is 1. The standard InChI is InChI=1S/C29H22O4/c1-32-22-14-10-19(11-15-22)18-27(31)33-26-17-13-21-7-3-5-9-24(21)29(26)28-23-8-4-2-6-20(23)12-16-25(28)30/h2-17,30H,18H2,1H3. The Morgan fingerprint density at radius 1 is 0.727 bits per heavy atom. The van der Waals surface area contributed by atoms with E-state index in [0.29, 0.717) is 16.9 Å². The van der Waals surface area contributed by atoms with E-state index in [4.69, 9.17) is 9.47 Å². The van der Waals surface area contributed by atoms with E-state index in [9.17, 15) is 9.90 Å². The zero-order valence-corrected chi connectivity index (χ0v) is 18.1. The second-order valence-electron chi connectivity index (χ2n) is 7.84. The van der Waals surface area contributed by atoms with Crippen molar-refractivity contribution in [3.05, 3.63) is 103 Å². The Labute approximate surface area is 191 Å². The van der Waals surface area contributed by atoms with Crippen molar-refractivity contribution < 1.29 is 19.4 Å². The van der Waals surface area contributed by atoms with Crippen LogP contribution in [0.4, 0.5) is 0 Å². The SMILES string of the molecule is COc1ccc(CC(=O)Oc2ccc3ccccc3c2-c2c(O)ccc3ccccc23)cc1. The normalized spacial score (nSPS) is 10.9. The van der Waals surface area contributed by atoms with E-state index in [2.05, 4.69) is 0 Å². The minimum atomic E-state index is -0.378. The maximum atomic E-state index is 12.9. The van der Waals surface area contributed by atoms with E-state index in [1.165, 1.54) is 0 Å². The van der Waals surface area contributed by atoms with Crippen LogP contribution in [0.1, 0.15) is 5.56 Å². The molecule has 0 aromatic heterocycles. The molecule has 0 heterocycles. The van der Waals surface area contributed by atoms with Crippen molar-refractivity contribution >= 4 is 27.5 Å². The fourth-order valence-electron chi connectivity index (χ4n) is 4.19. The highest BCUT2D eigenvalue weighted by Crippen LogP contribution is 2.45. The molecule has 0 aliphatic rings. The summed E-state index contributed by atoms with van der Waals surface area (Å²) in [5, 5.41) is 14.7. The summed E-state index contributed by atoms with van der Waals surface area (Å²) < 4.78 is 11.1. The van der Waals surface area contributed by atoms with Gasteiger partial charge in [-0.2, -0.15) is 0 Å². The van der Waals surface area contributed by atoms with Crippen molar-refractivity contribution in [2.75, 3.05) is 7.11 Å². The third kappa shape index (κ3) is 3.99. The first-order valence-corrected chi connectivity index (χ1v) is 10.7. The van der Waals surface area contributed by atoms with Gasteiger partial charge in [0.25, 0.3) is 0 Å². The lowest BCUT2D eigenvalue weighted by Gasteiger charge is -2.17. The van der Waals surface area contributed by atoms with E-state index in [1.54, 1.807) is 19.2 Å². The maximum absolute atomic E-state index is 12.9. The van der Waals surface area contributed by atoms with Gasteiger partial charge >= 0.3 is 5.97 Å². The fraction of sp³-hybridized carbons (Fsp3) is 0.0690. The van der Waals surface area contributed by atoms with Crippen LogP contribution in [0, 0.1) is 0 Å². The number of phenolic OH excluding ortho intramolecular Hbond substituents is 1. The van der Waals surface area contributed by atoms with E-state index >= 15 is 0 Å². The number of ether oxygens (including phenoxy) is 2. The first-order chi connectivity index (χ1) is 16.1. The Hall–Kier alpha value is -4.31. The summed E-state index contributed by atoms with van der Waals surface area (Å²) in [4.78, 5) is 12.9. The maximum Gasteiger partial charge on any atom is 0.315 e. The molecule has 0 fully saturated rings. The molecule has 5 aromatic rings. The van der Waals surface area contributed by atoms with Crippen molar-refractivity contribution in [2.45, 2.75) is 6.42 Å². The van der Waals surface area contributed by atoms with Crippen LogP contribution < -0.4 is 9.47 Å². The molecule has 0 bridgehead atoms. The molecule has 0 aliphatic heterocycles. The van der Waals surface area contributed by atoms with Gasteiger partial charge in [0.05, 0.1) is 13.5 Å². The quantitative estimate of drug-likeness (QED) is 0.253. The van der Waals surface area contributed by atoms with Crippen molar-refractivity contribution in [1.29, 1.82) is 0 Å². The zero-order valence-electron chi connectivity index (χ0n) is 18.1. The lowest BCUT2D eigenvalue weighted by Crippen LogP contribution is -2.12. The number of methoxy groups -OCH3 is 1. The zero-order chi connectivity index (χ0) is 22.8. The molecule has 0 atom stereocenters. The Kier molecular flexibility index (Phi) is 5.41. The summed E-state index contributed by atoms with van der Waals surface area (Å²) in [5.41, 5.74) is 2.18. The minimum Gasteiger partial charge on any atom is -0.507 e. The van der Waals surface area contributed by atoms with Crippen LogP contribution >= 0.6 is 0 Å². The lowest BCUT2D eigenvalue weighted by atomic mass is 9.92. The van der Waals surface area contributed by atoms with Crippen molar-refractivity contribution in [1.82, 2.24) is 0 Å². The van der Waals surface area contributed by atoms with Crippen LogP contribution in [-0.4, -0.2) is 18.2 Å². The van der Waals surface area contributed by atoms with Gasteiger partial charge in [-0.05, 0) is 51.4 Å². The van der Waals surface area contributed by atoms with Crippen LogP contribution in [0.3, 0.4) is 0 Å². The molecule has 5 rings (SSSR count). The average molecular weight is 434 g/mol. The summed E-state index contributed by atoms with van der Waals surface area (Å²) in [6.07, 6.45) is 0.123. The highest BCUT2D eigenvalue weighted by molar-refractivity contribution is 6.10. The van der Waals surface area contributed by atoms with Gasteiger partial charge in [0, 0.05) is 11.1 Å². The number of fused-ring (bicyclic) bond motifs is 2. The highest BCUT2D eigenvalue weighted by atomic mass is 16.5. The number of hydrogen-bond donors (Lipinski definition) is 1. The van der Waals surface area contributed by atoms with Crippen LogP contribution in [0.2, 0.25) is 0 Å². The van der Waals surface area contributed by atoms with Crippen molar-refractivity contribution in [3.63, 3.8) is 0 Å². The van der Waals surface area contributed by atoms with Gasteiger partial charge in [0.15, 0.2) is 0 Å². The van der Waals surface area contributed by atoms with Crippen LogP contribution in [0.25, 0.3) is 32.7 Å². The Morgan fingerprint density at radius 3 is 2.00 bits per heavy atom. The first kappa shape index (κ1) is 20.6. The van der Waals surface area contributed by atoms with Gasteiger partial charge in [-0.15, -0.1) is 0 Å². The van der Waals surface area contributed by atoms with Gasteiger partial charge in [0.1, 0.15) is 17.2 Å². The molecule has 0 unspecified atom stereocenters. The monoisotopic (exact) mass is 434 g/mol. The van der Waals surface area contributed by atoms with E-state index in [0.717, 1.165) is 32.9 Å². The summed E-state index contributed by atoms with van der Waals surface area (Å²) >= 11 is 0. The summed E-state index contributed by atoms with van der Waals surface area (Å²) in [5.74, 6) is 0.906. The Morgan fingerprint density at radius 2 is 1.33 bits per heavy atom. The predicted octanol–water partition coefficient (Wildman–Crippen LogP) is 6.52. The Bertz CT molecular complexity index is 1470. The summed E-state index contributed by atoms with van der Waals surface area (Å²) in [6, 6.07) is 30.4. The van der Waals surface area contributed by atoms with Crippen molar-refractivity contribution in [3.8, 4) is 28.4 Å². The van der Waals surface area contributed by atoms with Crippen LogP contribution in [0.5, 0.6) is 17.2 Å². The minimum absolute atomic E-state index is 0.123. The number of aromatic hydroxyl groups is 1. The lowest BCUT2D eigenvalue weighted by molar-refractivity contribution is -0.133. The molecule has 0 aliphatic carbocycles. The van der Waals surface area contributed by atoms with E-state index in [-0.39, 0.29) is 18.1 Å². The highest BCUT2D eigenvalue weighted by Gasteiger charge is 2.19. The number of rotatable bonds is 5. The number of hydrogen-bond acceptors (Lipinski definition) is 4. The van der Waals surface area contributed by atoms with E-state index < -0.39 is 0 Å². The van der Waals surface area contributed by atoms with Gasteiger partial charge in [0.2, 0.25) is 0 Å². The topological polar surface area (TPSA) is 55.8 Å². The largest absolute Gasteiger partial charge is 0.507 e. The smallest absolute Gasteiger partial charge is 0.315 e. The summed E-state index contributed by atoms with van der Waals surface area (Å²) in [7, 11) is 1.60. The van der Waals surface area contributed by atoms with Crippen molar-refractivity contribution in [2.24, 2.45) is 0 Å². The van der Waals surface area contributed by atoms with E-state index in [1.807, 2.05) is 84.9 Å². The van der Waals surface area contributed by atoms with Crippen LogP contribution in [-0.2, 0) is 11.2 Å². The molecule has 0 saturated heterocycles. The molecule has 0 radical (unpaired) electrons. The van der Waals surface area contributed by atoms with Crippen LogP contribution in [0.15, 0.2) is 97.1 Å². The molecule has 33 heavy (non-hydrogen) atoms. The number of carbonyl (C=O) groups is 1. The molecule has 1 N–H and O–H groups in total. The Balaban J connectivity index is 1.62. The third-order valence-corrected chi connectivity index (χ3v) is 5.78. The number of esters is 1. The molecule has 0 saturated carbocycles. The molecular weight excluding hydrogens is 412 g/mol. The third-order valence-electron chi connectivity index (χ3n) is 5.78. The summed E-state index contributed by atoms with van der Waals surface area (Å²) in [6.45, 7) is 0. The van der Waals surface area contributed by atoms with Gasteiger partial charge in [-0.1, -0.05) is 72.8 Å². The van der Waals surface area contributed by atoms with Gasteiger partial charge in [-0.25, -0.2) is 0 Å². The predicted molar refractivity (Wildman–Crippen MR) is 131 cm³/mol. The fourth-order valence-corrected chi connectivity index (χ4v) is 4.19. The molecular formula is C29H22O4. The molecule has 4 nitrogen and oxygen atoms in total. The second kappa shape index (κ2) is 8.67. The molecule has 0 spiro atoms. The second-order valence-corrected chi connectivity index (χ2v) is 7.84. The molecule has 4 heteroatoms. The van der Waals surface area contributed by atoms with Gasteiger partial charge in [-0.3, -0.25) is 4.79 Å². The van der Waals surface area contributed by atoms with Gasteiger partial charge < -0.3 is 14.6 Å². The molecule has 0 amide bonds. The number of benzene rings is 5. The molecule has 162 valence electrons. The molecule has 5 aromatic carbocycles. The average Bonchev–Trinajstić information content (AvgIpc) is 2.85.